The summed E-state index contributed by atoms with van der Waals surface area (Å²) in [6.45, 7) is 7.52. The van der Waals surface area contributed by atoms with E-state index in [-0.39, 0.29) is 17.0 Å². The number of nitriles is 1. The molecule has 0 aliphatic carbocycles. The summed E-state index contributed by atoms with van der Waals surface area (Å²) in [5, 5.41) is 14.7. The van der Waals surface area contributed by atoms with Crippen LogP contribution >= 0.6 is 0 Å². The molecule has 5 heteroatoms. The van der Waals surface area contributed by atoms with E-state index in [0.29, 0.717) is 5.69 Å². The minimum atomic E-state index is -0.598. The summed E-state index contributed by atoms with van der Waals surface area (Å²) in [4.78, 5) is 12.1. The Morgan fingerprint density at radius 2 is 2.15 bits per heavy atom. The van der Waals surface area contributed by atoms with Crippen molar-refractivity contribution in [1.82, 2.24) is 5.32 Å². The van der Waals surface area contributed by atoms with Crippen molar-refractivity contribution in [3.63, 3.8) is 0 Å². The predicted octanol–water partition coefficient (Wildman–Crippen LogP) is 2.80. The van der Waals surface area contributed by atoms with Crippen molar-refractivity contribution in [2.45, 2.75) is 45.7 Å². The first-order valence-electron chi connectivity index (χ1n) is 6.58. The SMILES string of the molecule is CCC(C)(C)NC(=O)C(C)Nc1cccc(F)c1C#N. The molecule has 0 aromatic heterocycles. The third kappa shape index (κ3) is 3.95. The molecule has 0 heterocycles. The van der Waals surface area contributed by atoms with Crippen LogP contribution < -0.4 is 10.6 Å². The van der Waals surface area contributed by atoms with Crippen LogP contribution in [0.1, 0.15) is 39.7 Å². The molecule has 1 unspecified atom stereocenters. The molecule has 1 amide bonds. The second-order valence-corrected chi connectivity index (χ2v) is 5.37. The van der Waals surface area contributed by atoms with Crippen LogP contribution in [0, 0.1) is 17.1 Å². The van der Waals surface area contributed by atoms with Crippen molar-refractivity contribution in [3.05, 3.63) is 29.6 Å². The molecule has 0 bridgehead atoms. The van der Waals surface area contributed by atoms with Gasteiger partial charge in [0.25, 0.3) is 0 Å². The highest BCUT2D eigenvalue weighted by Crippen LogP contribution is 2.19. The van der Waals surface area contributed by atoms with Crippen molar-refractivity contribution >= 4 is 11.6 Å². The topological polar surface area (TPSA) is 64.9 Å². The number of hydrogen-bond donors (Lipinski definition) is 2. The molecule has 1 rings (SSSR count). The Balaban J connectivity index is 2.82. The number of anilines is 1. The van der Waals surface area contributed by atoms with E-state index >= 15 is 0 Å². The molecule has 0 saturated carbocycles. The van der Waals surface area contributed by atoms with Gasteiger partial charge in [0.05, 0.1) is 5.69 Å². The Bertz CT molecular complexity index is 534. The van der Waals surface area contributed by atoms with E-state index in [9.17, 15) is 9.18 Å². The lowest BCUT2D eigenvalue weighted by molar-refractivity contribution is -0.123. The molecular formula is C15H20FN3O. The van der Waals surface area contributed by atoms with Gasteiger partial charge in [0.2, 0.25) is 5.91 Å². The second-order valence-electron chi connectivity index (χ2n) is 5.37. The standard InChI is InChI=1S/C15H20FN3O/c1-5-15(3,4)19-14(20)10(2)18-13-8-6-7-12(16)11(13)9-17/h6-8,10,18H,5H2,1-4H3,(H,19,20). The van der Waals surface area contributed by atoms with Crippen molar-refractivity contribution in [1.29, 1.82) is 5.26 Å². The monoisotopic (exact) mass is 277 g/mol. The zero-order valence-electron chi connectivity index (χ0n) is 12.2. The zero-order valence-corrected chi connectivity index (χ0v) is 12.2. The summed E-state index contributed by atoms with van der Waals surface area (Å²) >= 11 is 0. The molecule has 2 N–H and O–H groups in total. The summed E-state index contributed by atoms with van der Waals surface area (Å²) in [7, 11) is 0. The smallest absolute Gasteiger partial charge is 0.242 e. The highest BCUT2D eigenvalue weighted by atomic mass is 19.1. The maximum atomic E-state index is 13.5. The fourth-order valence-corrected chi connectivity index (χ4v) is 1.59. The first-order chi connectivity index (χ1) is 9.30. The number of halogens is 1. The van der Waals surface area contributed by atoms with Gasteiger partial charge in [-0.3, -0.25) is 4.79 Å². The molecule has 20 heavy (non-hydrogen) atoms. The number of amides is 1. The van der Waals surface area contributed by atoms with Crippen LogP contribution in [-0.2, 0) is 4.79 Å². The van der Waals surface area contributed by atoms with Gasteiger partial charge in [-0.15, -0.1) is 0 Å². The normalized spacial score (nSPS) is 12.4. The van der Waals surface area contributed by atoms with Crippen molar-refractivity contribution < 1.29 is 9.18 Å². The second kappa shape index (κ2) is 6.38. The summed E-state index contributed by atoms with van der Waals surface area (Å²) in [6.07, 6.45) is 0.800. The van der Waals surface area contributed by atoms with Gasteiger partial charge in [-0.05, 0) is 39.3 Å². The maximum absolute atomic E-state index is 13.5. The van der Waals surface area contributed by atoms with Gasteiger partial charge in [-0.2, -0.15) is 5.26 Å². The highest BCUT2D eigenvalue weighted by molar-refractivity contribution is 5.85. The average molecular weight is 277 g/mol. The third-order valence-electron chi connectivity index (χ3n) is 3.24. The van der Waals surface area contributed by atoms with E-state index in [0.717, 1.165) is 6.42 Å². The molecule has 1 aromatic carbocycles. The Kier molecular flexibility index (Phi) is 5.09. The van der Waals surface area contributed by atoms with Gasteiger partial charge in [0.15, 0.2) is 0 Å². The Morgan fingerprint density at radius 1 is 1.50 bits per heavy atom. The molecule has 0 aliphatic rings. The number of carbonyl (C=O) groups excluding carboxylic acids is 1. The van der Waals surface area contributed by atoms with Crippen LogP contribution in [0.25, 0.3) is 0 Å². The van der Waals surface area contributed by atoms with E-state index in [1.807, 2.05) is 20.8 Å². The van der Waals surface area contributed by atoms with E-state index in [4.69, 9.17) is 5.26 Å². The van der Waals surface area contributed by atoms with Gasteiger partial charge in [0.1, 0.15) is 23.5 Å². The quantitative estimate of drug-likeness (QED) is 0.869. The van der Waals surface area contributed by atoms with Crippen LogP contribution in [0.2, 0.25) is 0 Å². The van der Waals surface area contributed by atoms with Crippen molar-refractivity contribution in [2.24, 2.45) is 0 Å². The van der Waals surface area contributed by atoms with Crippen LogP contribution in [0.15, 0.2) is 18.2 Å². The molecule has 108 valence electrons. The highest BCUT2D eigenvalue weighted by Gasteiger charge is 2.22. The minimum Gasteiger partial charge on any atom is -0.373 e. The Morgan fingerprint density at radius 3 is 2.70 bits per heavy atom. The Labute approximate surface area is 119 Å². The molecule has 0 fully saturated rings. The van der Waals surface area contributed by atoms with Crippen molar-refractivity contribution in [3.8, 4) is 6.07 Å². The predicted molar refractivity (Wildman–Crippen MR) is 76.7 cm³/mol. The van der Waals surface area contributed by atoms with Gasteiger partial charge < -0.3 is 10.6 Å². The lowest BCUT2D eigenvalue weighted by Crippen LogP contribution is -2.48. The molecule has 0 radical (unpaired) electrons. The summed E-state index contributed by atoms with van der Waals surface area (Å²) in [5.41, 5.74) is -0.0566. The summed E-state index contributed by atoms with van der Waals surface area (Å²) in [5.74, 6) is -0.788. The fraction of sp³-hybridized carbons (Fsp3) is 0.467. The number of nitrogens with one attached hydrogen (secondary N) is 2. The molecule has 1 aromatic rings. The molecule has 0 aliphatic heterocycles. The minimum absolute atomic E-state index is 0.0816. The number of nitrogens with zero attached hydrogens (tertiary/aromatic N) is 1. The number of carbonyl (C=O) groups is 1. The molecular weight excluding hydrogens is 257 g/mol. The van der Waals surface area contributed by atoms with E-state index in [1.165, 1.54) is 12.1 Å². The van der Waals surface area contributed by atoms with Crippen LogP contribution in [-0.4, -0.2) is 17.5 Å². The van der Waals surface area contributed by atoms with Crippen LogP contribution in [0.3, 0.4) is 0 Å². The molecule has 0 spiro atoms. The van der Waals surface area contributed by atoms with Crippen LogP contribution in [0.5, 0.6) is 0 Å². The average Bonchev–Trinajstić information content (AvgIpc) is 2.38. The summed E-state index contributed by atoms with van der Waals surface area (Å²) in [6, 6.07) is 5.53. The molecule has 1 atom stereocenters. The van der Waals surface area contributed by atoms with Gasteiger partial charge in [-0.1, -0.05) is 13.0 Å². The van der Waals surface area contributed by atoms with Gasteiger partial charge >= 0.3 is 0 Å². The first-order valence-corrected chi connectivity index (χ1v) is 6.58. The van der Waals surface area contributed by atoms with Crippen molar-refractivity contribution in [2.75, 3.05) is 5.32 Å². The number of benzene rings is 1. The van der Waals surface area contributed by atoms with E-state index < -0.39 is 11.9 Å². The van der Waals surface area contributed by atoms with Crippen LogP contribution in [0.4, 0.5) is 10.1 Å². The first kappa shape index (κ1) is 16.0. The Hall–Kier alpha value is -2.09. The lowest BCUT2D eigenvalue weighted by atomic mass is 10.0. The van der Waals surface area contributed by atoms with E-state index in [2.05, 4.69) is 10.6 Å². The fourth-order valence-electron chi connectivity index (χ4n) is 1.59. The third-order valence-corrected chi connectivity index (χ3v) is 3.24. The van der Waals surface area contributed by atoms with E-state index in [1.54, 1.807) is 19.1 Å². The molecule has 4 nitrogen and oxygen atoms in total. The molecule has 0 saturated heterocycles. The van der Waals surface area contributed by atoms with Gasteiger partial charge in [-0.25, -0.2) is 4.39 Å². The zero-order chi connectivity index (χ0) is 15.3. The maximum Gasteiger partial charge on any atom is 0.242 e. The lowest BCUT2D eigenvalue weighted by Gasteiger charge is -2.27. The number of hydrogen-bond acceptors (Lipinski definition) is 3. The van der Waals surface area contributed by atoms with Gasteiger partial charge in [0, 0.05) is 5.54 Å². The number of rotatable bonds is 5. The largest absolute Gasteiger partial charge is 0.373 e. The summed E-state index contributed by atoms with van der Waals surface area (Å²) < 4.78 is 13.5.